The van der Waals surface area contributed by atoms with Crippen LogP contribution in [-0.4, -0.2) is 11.0 Å². The fourth-order valence-corrected chi connectivity index (χ4v) is 3.31. The first-order chi connectivity index (χ1) is 7.97. The standard InChI is InChI=1S/C12H14F3NS/c13-12(14,15)9-3-4-11(16)8(6-9)7-10-2-1-5-17-10/h3-4,6,10H,1-2,5,7,16H2. The molecule has 1 nitrogen and oxygen atoms in total. The van der Waals surface area contributed by atoms with Gasteiger partial charge in [0.2, 0.25) is 0 Å². The van der Waals surface area contributed by atoms with Gasteiger partial charge in [-0.15, -0.1) is 0 Å². The summed E-state index contributed by atoms with van der Waals surface area (Å²) in [4.78, 5) is 0. The zero-order valence-electron chi connectivity index (χ0n) is 9.26. The zero-order chi connectivity index (χ0) is 12.5. The average molecular weight is 261 g/mol. The number of hydrogen-bond acceptors (Lipinski definition) is 2. The molecule has 1 fully saturated rings. The van der Waals surface area contributed by atoms with Gasteiger partial charge in [-0.2, -0.15) is 24.9 Å². The smallest absolute Gasteiger partial charge is 0.399 e. The van der Waals surface area contributed by atoms with Gasteiger partial charge < -0.3 is 5.73 Å². The molecule has 0 aromatic heterocycles. The Balaban J connectivity index is 2.20. The average Bonchev–Trinajstić information content (AvgIpc) is 2.72. The number of thioether (sulfide) groups is 1. The molecule has 1 heterocycles. The summed E-state index contributed by atoms with van der Waals surface area (Å²) < 4.78 is 37.7. The Morgan fingerprint density at radius 1 is 1.35 bits per heavy atom. The van der Waals surface area contributed by atoms with Crippen LogP contribution in [0.3, 0.4) is 0 Å². The normalized spacial score (nSPS) is 20.8. The fourth-order valence-electron chi connectivity index (χ4n) is 2.01. The summed E-state index contributed by atoms with van der Waals surface area (Å²) in [5.41, 5.74) is 6.22. The summed E-state index contributed by atoms with van der Waals surface area (Å²) in [5, 5.41) is 0.417. The molecule has 1 aromatic rings. The van der Waals surface area contributed by atoms with Crippen LogP contribution in [0.25, 0.3) is 0 Å². The summed E-state index contributed by atoms with van der Waals surface area (Å²) >= 11 is 1.82. The predicted octanol–water partition coefficient (Wildman–Crippen LogP) is 3.73. The van der Waals surface area contributed by atoms with Crippen LogP contribution < -0.4 is 5.73 Å². The summed E-state index contributed by atoms with van der Waals surface area (Å²) in [7, 11) is 0. The highest BCUT2D eigenvalue weighted by molar-refractivity contribution is 8.00. The molecule has 5 heteroatoms. The second-order valence-corrected chi connectivity index (χ2v) is 5.66. The van der Waals surface area contributed by atoms with Crippen LogP contribution in [0.1, 0.15) is 24.0 Å². The van der Waals surface area contributed by atoms with Crippen LogP contribution in [0.15, 0.2) is 18.2 Å². The number of anilines is 1. The van der Waals surface area contributed by atoms with Crippen LogP contribution in [0, 0.1) is 0 Å². The van der Waals surface area contributed by atoms with Gasteiger partial charge in [-0.25, -0.2) is 0 Å². The molecule has 1 aromatic carbocycles. The maximum absolute atomic E-state index is 12.6. The fraction of sp³-hybridized carbons (Fsp3) is 0.500. The van der Waals surface area contributed by atoms with Gasteiger partial charge >= 0.3 is 6.18 Å². The molecule has 0 aliphatic carbocycles. The highest BCUT2D eigenvalue weighted by atomic mass is 32.2. The minimum absolute atomic E-state index is 0.417. The van der Waals surface area contributed by atoms with E-state index >= 15 is 0 Å². The van der Waals surface area contributed by atoms with E-state index in [1.165, 1.54) is 12.1 Å². The second-order valence-electron chi connectivity index (χ2n) is 4.25. The first kappa shape index (κ1) is 12.6. The Labute approximate surface area is 103 Å². The molecule has 17 heavy (non-hydrogen) atoms. The summed E-state index contributed by atoms with van der Waals surface area (Å²) in [6.07, 6.45) is -1.43. The highest BCUT2D eigenvalue weighted by Crippen LogP contribution is 2.34. The SMILES string of the molecule is Nc1ccc(C(F)(F)F)cc1CC1CCCS1. The van der Waals surface area contributed by atoms with Gasteiger partial charge in [-0.05, 0) is 48.8 Å². The van der Waals surface area contributed by atoms with Crippen molar-refractivity contribution in [1.82, 2.24) is 0 Å². The number of benzene rings is 1. The number of rotatable bonds is 2. The van der Waals surface area contributed by atoms with E-state index in [1.807, 2.05) is 11.8 Å². The molecule has 1 atom stereocenters. The Morgan fingerprint density at radius 2 is 2.12 bits per heavy atom. The van der Waals surface area contributed by atoms with Gasteiger partial charge in [-0.1, -0.05) is 0 Å². The Morgan fingerprint density at radius 3 is 2.71 bits per heavy atom. The van der Waals surface area contributed by atoms with Crippen molar-refractivity contribution in [3.63, 3.8) is 0 Å². The molecule has 1 aliphatic rings. The lowest BCUT2D eigenvalue weighted by Crippen LogP contribution is -2.09. The minimum Gasteiger partial charge on any atom is -0.399 e. The molecule has 0 spiro atoms. The molecule has 0 saturated carbocycles. The van der Waals surface area contributed by atoms with Gasteiger partial charge in [0.25, 0.3) is 0 Å². The van der Waals surface area contributed by atoms with E-state index < -0.39 is 11.7 Å². The third kappa shape index (κ3) is 3.09. The number of nitrogen functional groups attached to an aromatic ring is 1. The number of halogens is 3. The molecule has 1 saturated heterocycles. The van der Waals surface area contributed by atoms with Crippen molar-refractivity contribution in [1.29, 1.82) is 0 Å². The van der Waals surface area contributed by atoms with E-state index in [0.29, 0.717) is 22.9 Å². The van der Waals surface area contributed by atoms with Crippen molar-refractivity contribution in [2.24, 2.45) is 0 Å². The number of alkyl halides is 3. The van der Waals surface area contributed by atoms with E-state index in [4.69, 9.17) is 5.73 Å². The molecule has 0 amide bonds. The van der Waals surface area contributed by atoms with Crippen molar-refractivity contribution in [2.45, 2.75) is 30.7 Å². The molecule has 94 valence electrons. The lowest BCUT2D eigenvalue weighted by Gasteiger charge is -2.14. The van der Waals surface area contributed by atoms with Crippen LogP contribution in [0.4, 0.5) is 18.9 Å². The molecule has 1 unspecified atom stereocenters. The summed E-state index contributed by atoms with van der Waals surface area (Å²) in [6.45, 7) is 0. The topological polar surface area (TPSA) is 26.0 Å². The van der Waals surface area contributed by atoms with Crippen LogP contribution in [0.2, 0.25) is 0 Å². The number of nitrogens with two attached hydrogens (primary N) is 1. The van der Waals surface area contributed by atoms with E-state index in [-0.39, 0.29) is 0 Å². The lowest BCUT2D eigenvalue weighted by molar-refractivity contribution is -0.137. The van der Waals surface area contributed by atoms with Gasteiger partial charge in [-0.3, -0.25) is 0 Å². The molecule has 1 aliphatic heterocycles. The van der Waals surface area contributed by atoms with Crippen LogP contribution >= 0.6 is 11.8 Å². The second kappa shape index (κ2) is 4.80. The number of hydrogen-bond donors (Lipinski definition) is 1. The Bertz CT molecular complexity index is 397. The Hall–Kier alpha value is -0.840. The summed E-state index contributed by atoms with van der Waals surface area (Å²) in [6, 6.07) is 3.59. The highest BCUT2D eigenvalue weighted by Gasteiger charge is 2.31. The van der Waals surface area contributed by atoms with Crippen molar-refractivity contribution < 1.29 is 13.2 Å². The summed E-state index contributed by atoms with van der Waals surface area (Å²) in [5.74, 6) is 1.10. The maximum Gasteiger partial charge on any atom is 0.416 e. The molecular weight excluding hydrogens is 247 g/mol. The molecule has 2 N–H and O–H groups in total. The Kier molecular flexibility index (Phi) is 3.56. The molecular formula is C12H14F3NS. The van der Waals surface area contributed by atoms with Crippen molar-refractivity contribution in [2.75, 3.05) is 11.5 Å². The van der Waals surface area contributed by atoms with Gasteiger partial charge in [0, 0.05) is 10.9 Å². The van der Waals surface area contributed by atoms with E-state index in [0.717, 1.165) is 24.7 Å². The quantitative estimate of drug-likeness (QED) is 0.821. The van der Waals surface area contributed by atoms with Crippen LogP contribution in [0.5, 0.6) is 0 Å². The molecule has 0 radical (unpaired) electrons. The van der Waals surface area contributed by atoms with E-state index in [9.17, 15) is 13.2 Å². The predicted molar refractivity (Wildman–Crippen MR) is 65.0 cm³/mol. The first-order valence-corrected chi connectivity index (χ1v) is 6.59. The van der Waals surface area contributed by atoms with Crippen molar-refractivity contribution in [3.05, 3.63) is 29.3 Å². The van der Waals surface area contributed by atoms with Gasteiger partial charge in [0.05, 0.1) is 5.56 Å². The van der Waals surface area contributed by atoms with E-state index in [1.54, 1.807) is 0 Å². The van der Waals surface area contributed by atoms with Crippen molar-refractivity contribution in [3.8, 4) is 0 Å². The lowest BCUT2D eigenvalue weighted by atomic mass is 10.0. The van der Waals surface area contributed by atoms with Gasteiger partial charge in [0.1, 0.15) is 0 Å². The minimum atomic E-state index is -4.29. The zero-order valence-corrected chi connectivity index (χ0v) is 10.1. The van der Waals surface area contributed by atoms with E-state index in [2.05, 4.69) is 0 Å². The van der Waals surface area contributed by atoms with Crippen LogP contribution in [-0.2, 0) is 12.6 Å². The van der Waals surface area contributed by atoms with Crippen molar-refractivity contribution >= 4 is 17.4 Å². The first-order valence-electron chi connectivity index (χ1n) is 5.54. The third-order valence-electron chi connectivity index (χ3n) is 2.94. The largest absolute Gasteiger partial charge is 0.416 e. The van der Waals surface area contributed by atoms with Gasteiger partial charge in [0.15, 0.2) is 0 Å². The molecule has 2 rings (SSSR count). The maximum atomic E-state index is 12.6. The third-order valence-corrected chi connectivity index (χ3v) is 4.34. The monoisotopic (exact) mass is 261 g/mol. The molecule has 0 bridgehead atoms.